The summed E-state index contributed by atoms with van der Waals surface area (Å²) in [5, 5.41) is 0. The summed E-state index contributed by atoms with van der Waals surface area (Å²) in [6.07, 6.45) is 4.11. The molecule has 0 fully saturated rings. The number of aryl methyl sites for hydroxylation is 2. The van der Waals surface area contributed by atoms with Crippen LogP contribution in [-0.4, -0.2) is 16.1 Å². The van der Waals surface area contributed by atoms with E-state index in [-0.39, 0.29) is 0 Å². The van der Waals surface area contributed by atoms with Gasteiger partial charge in [-0.15, -0.1) is 0 Å². The highest BCUT2D eigenvalue weighted by molar-refractivity contribution is 5.07. The van der Waals surface area contributed by atoms with E-state index in [0.29, 0.717) is 5.92 Å². The zero-order valence-corrected chi connectivity index (χ0v) is 8.75. The van der Waals surface area contributed by atoms with Crippen LogP contribution in [0.4, 0.5) is 0 Å². The van der Waals surface area contributed by atoms with Crippen LogP contribution in [0.2, 0.25) is 0 Å². The molecule has 0 aliphatic rings. The van der Waals surface area contributed by atoms with Crippen molar-refractivity contribution in [3.63, 3.8) is 0 Å². The van der Waals surface area contributed by atoms with E-state index in [1.165, 1.54) is 5.69 Å². The largest absolute Gasteiger partial charge is 0.338 e. The molecule has 0 unspecified atom stereocenters. The van der Waals surface area contributed by atoms with Crippen molar-refractivity contribution in [2.45, 2.75) is 32.6 Å². The van der Waals surface area contributed by atoms with Crippen molar-refractivity contribution in [1.82, 2.24) is 9.55 Å². The van der Waals surface area contributed by atoms with Gasteiger partial charge in [0.1, 0.15) is 5.82 Å². The van der Waals surface area contributed by atoms with Gasteiger partial charge in [-0.25, -0.2) is 4.98 Å². The van der Waals surface area contributed by atoms with Crippen molar-refractivity contribution in [3.8, 4) is 0 Å². The van der Waals surface area contributed by atoms with E-state index >= 15 is 0 Å². The van der Waals surface area contributed by atoms with Gasteiger partial charge in [-0.1, -0.05) is 13.8 Å². The third kappa shape index (κ3) is 2.56. The third-order valence-corrected chi connectivity index (χ3v) is 2.19. The van der Waals surface area contributed by atoms with Gasteiger partial charge in [0.05, 0.1) is 5.69 Å². The van der Waals surface area contributed by atoms with Crippen LogP contribution in [0.1, 0.15) is 37.7 Å². The lowest BCUT2D eigenvalue weighted by Crippen LogP contribution is -2.04. The lowest BCUT2D eigenvalue weighted by Gasteiger charge is -1.98. The summed E-state index contributed by atoms with van der Waals surface area (Å²) in [5.41, 5.74) is 6.63. The molecule has 3 nitrogen and oxygen atoms in total. The van der Waals surface area contributed by atoms with E-state index in [1.807, 2.05) is 7.05 Å². The smallest absolute Gasteiger partial charge is 0.108 e. The van der Waals surface area contributed by atoms with Crippen molar-refractivity contribution in [2.75, 3.05) is 6.54 Å². The predicted molar refractivity (Wildman–Crippen MR) is 54.7 cm³/mol. The van der Waals surface area contributed by atoms with Crippen LogP contribution >= 0.6 is 0 Å². The van der Waals surface area contributed by atoms with Gasteiger partial charge < -0.3 is 10.3 Å². The summed E-state index contributed by atoms with van der Waals surface area (Å²) in [6, 6.07) is 0. The molecule has 0 aliphatic carbocycles. The SMILES string of the molecule is CC(C)c1cn(C)c(CCCN)n1. The zero-order chi connectivity index (χ0) is 9.84. The molecule has 1 aromatic rings. The standard InChI is InChI=1S/C10H19N3/c1-8(2)9-7-13(3)10(12-9)5-4-6-11/h7-8H,4-6,11H2,1-3H3. The van der Waals surface area contributed by atoms with E-state index in [0.717, 1.165) is 25.2 Å². The molecule has 0 amide bonds. The van der Waals surface area contributed by atoms with E-state index in [4.69, 9.17) is 5.73 Å². The molecule has 0 aliphatic heterocycles. The molecule has 13 heavy (non-hydrogen) atoms. The highest BCUT2D eigenvalue weighted by atomic mass is 15.0. The Labute approximate surface area is 80.0 Å². The van der Waals surface area contributed by atoms with Gasteiger partial charge >= 0.3 is 0 Å². The van der Waals surface area contributed by atoms with E-state index in [1.54, 1.807) is 0 Å². The van der Waals surface area contributed by atoms with Crippen LogP contribution in [0.3, 0.4) is 0 Å². The summed E-state index contributed by atoms with van der Waals surface area (Å²) in [4.78, 5) is 4.55. The Morgan fingerprint density at radius 1 is 1.54 bits per heavy atom. The maximum atomic E-state index is 5.46. The second kappa shape index (κ2) is 4.42. The maximum absolute atomic E-state index is 5.46. The molecule has 0 saturated carbocycles. The first-order valence-corrected chi connectivity index (χ1v) is 4.87. The second-order valence-electron chi connectivity index (χ2n) is 3.74. The molecule has 1 rings (SSSR count). The van der Waals surface area contributed by atoms with Gasteiger partial charge in [0, 0.05) is 19.7 Å². The lowest BCUT2D eigenvalue weighted by molar-refractivity contribution is 0.729. The summed E-state index contributed by atoms with van der Waals surface area (Å²) >= 11 is 0. The van der Waals surface area contributed by atoms with Crippen molar-refractivity contribution in [3.05, 3.63) is 17.7 Å². The van der Waals surface area contributed by atoms with E-state index in [9.17, 15) is 0 Å². The Kier molecular flexibility index (Phi) is 3.48. The average molecular weight is 181 g/mol. The minimum Gasteiger partial charge on any atom is -0.338 e. The lowest BCUT2D eigenvalue weighted by atomic mass is 10.2. The predicted octanol–water partition coefficient (Wildman–Crippen LogP) is 1.43. The summed E-state index contributed by atoms with van der Waals surface area (Å²) in [7, 11) is 2.05. The maximum Gasteiger partial charge on any atom is 0.108 e. The number of imidazole rings is 1. The average Bonchev–Trinajstić information content (AvgIpc) is 2.44. The summed E-state index contributed by atoms with van der Waals surface area (Å²) in [5.74, 6) is 1.66. The van der Waals surface area contributed by atoms with Crippen molar-refractivity contribution in [1.29, 1.82) is 0 Å². The topological polar surface area (TPSA) is 43.8 Å². The van der Waals surface area contributed by atoms with Gasteiger partial charge in [0.2, 0.25) is 0 Å². The number of hydrogen-bond acceptors (Lipinski definition) is 2. The second-order valence-corrected chi connectivity index (χ2v) is 3.74. The highest BCUT2D eigenvalue weighted by Gasteiger charge is 2.07. The van der Waals surface area contributed by atoms with Crippen LogP contribution in [0.25, 0.3) is 0 Å². The van der Waals surface area contributed by atoms with Crippen LogP contribution in [0, 0.1) is 0 Å². The zero-order valence-electron chi connectivity index (χ0n) is 8.75. The first-order valence-electron chi connectivity index (χ1n) is 4.87. The number of nitrogens with zero attached hydrogens (tertiary/aromatic N) is 2. The van der Waals surface area contributed by atoms with Crippen molar-refractivity contribution >= 4 is 0 Å². The summed E-state index contributed by atoms with van der Waals surface area (Å²) in [6.45, 7) is 5.06. The Balaban J connectivity index is 2.71. The number of rotatable bonds is 4. The minimum absolute atomic E-state index is 0.512. The number of aromatic nitrogens is 2. The molecule has 0 aromatic carbocycles. The number of hydrogen-bond donors (Lipinski definition) is 1. The molecule has 74 valence electrons. The van der Waals surface area contributed by atoms with Crippen LogP contribution < -0.4 is 5.73 Å². The molecule has 2 N–H and O–H groups in total. The molecular weight excluding hydrogens is 162 g/mol. The normalized spacial score (nSPS) is 11.2. The first kappa shape index (κ1) is 10.3. The summed E-state index contributed by atoms with van der Waals surface area (Å²) < 4.78 is 2.10. The molecule has 0 spiro atoms. The fourth-order valence-electron chi connectivity index (χ4n) is 1.30. The van der Waals surface area contributed by atoms with Gasteiger partial charge in [-0.05, 0) is 18.9 Å². The minimum atomic E-state index is 0.512. The first-order chi connectivity index (χ1) is 6.15. The molecule has 0 atom stereocenters. The molecule has 0 radical (unpaired) electrons. The fraction of sp³-hybridized carbons (Fsp3) is 0.700. The fourth-order valence-corrected chi connectivity index (χ4v) is 1.30. The van der Waals surface area contributed by atoms with Gasteiger partial charge in [-0.3, -0.25) is 0 Å². The molecule has 1 heterocycles. The molecule has 3 heteroatoms. The van der Waals surface area contributed by atoms with Crippen LogP contribution in [-0.2, 0) is 13.5 Å². The quantitative estimate of drug-likeness (QED) is 0.763. The van der Waals surface area contributed by atoms with E-state index in [2.05, 4.69) is 29.6 Å². The van der Waals surface area contributed by atoms with Crippen LogP contribution in [0.5, 0.6) is 0 Å². The third-order valence-electron chi connectivity index (χ3n) is 2.19. The van der Waals surface area contributed by atoms with Gasteiger partial charge in [0.15, 0.2) is 0 Å². The van der Waals surface area contributed by atoms with Gasteiger partial charge in [0.25, 0.3) is 0 Å². The molecular formula is C10H19N3. The number of nitrogens with two attached hydrogens (primary N) is 1. The van der Waals surface area contributed by atoms with Crippen LogP contribution in [0.15, 0.2) is 6.20 Å². The Bertz CT molecular complexity index is 263. The van der Waals surface area contributed by atoms with Gasteiger partial charge in [-0.2, -0.15) is 0 Å². The molecule has 1 aromatic heterocycles. The Hall–Kier alpha value is -0.830. The highest BCUT2D eigenvalue weighted by Crippen LogP contribution is 2.13. The Morgan fingerprint density at radius 3 is 2.69 bits per heavy atom. The van der Waals surface area contributed by atoms with Crippen molar-refractivity contribution in [2.24, 2.45) is 12.8 Å². The van der Waals surface area contributed by atoms with E-state index < -0.39 is 0 Å². The monoisotopic (exact) mass is 181 g/mol. The van der Waals surface area contributed by atoms with Crippen molar-refractivity contribution < 1.29 is 0 Å². The molecule has 0 saturated heterocycles. The molecule has 0 bridgehead atoms. The Morgan fingerprint density at radius 2 is 2.23 bits per heavy atom.